The van der Waals surface area contributed by atoms with Crippen LogP contribution in [0.1, 0.15) is 13.8 Å². The van der Waals surface area contributed by atoms with E-state index < -0.39 is 41.2 Å². The standard InChI is InChI=1S/2C4H8F3O4P.Ca/c2*1-2-10-12(8,9)11-3-4(5,6)7;/h2*2-3H2,1H3,(H,8,9);/q;;+2/p-2. The molecule has 0 saturated heterocycles. The second-order valence-corrected chi connectivity index (χ2v) is 6.33. The molecule has 0 N–H and O–H groups in total. The SMILES string of the molecule is CCOP(=O)([O-])OCC(F)(F)F.CCOP(=O)([O-])OCC(F)(F)F.[Ca+2]. The molecule has 0 aromatic heterocycles. The smallest absolute Gasteiger partial charge is 0.756 e. The van der Waals surface area contributed by atoms with E-state index in [1.54, 1.807) is 0 Å². The normalized spacial score (nSPS) is 16.7. The summed E-state index contributed by atoms with van der Waals surface area (Å²) in [5.41, 5.74) is 0. The fourth-order valence-corrected chi connectivity index (χ4v) is 2.09. The van der Waals surface area contributed by atoms with Crippen LogP contribution in [0.15, 0.2) is 0 Å². The summed E-state index contributed by atoms with van der Waals surface area (Å²) in [7, 11) is -9.52. The van der Waals surface area contributed by atoms with Gasteiger partial charge in [-0.3, -0.25) is 9.13 Å². The van der Waals surface area contributed by atoms with Crippen molar-refractivity contribution < 1.29 is 63.4 Å². The zero-order valence-electron chi connectivity index (χ0n) is 13.0. The van der Waals surface area contributed by atoms with Gasteiger partial charge >= 0.3 is 50.1 Å². The maximum atomic E-state index is 11.4. The van der Waals surface area contributed by atoms with E-state index in [4.69, 9.17) is 0 Å². The van der Waals surface area contributed by atoms with Crippen LogP contribution in [0.2, 0.25) is 0 Å². The molecule has 148 valence electrons. The molecule has 0 saturated carbocycles. The number of hydrogen-bond donors (Lipinski definition) is 0. The van der Waals surface area contributed by atoms with Gasteiger partial charge in [0.05, 0.1) is 13.2 Å². The Morgan fingerprint density at radius 1 is 0.720 bits per heavy atom. The molecule has 17 heteroatoms. The molecular weight excluding hydrogens is 440 g/mol. The van der Waals surface area contributed by atoms with E-state index in [0.717, 1.165) is 0 Å². The summed E-state index contributed by atoms with van der Waals surface area (Å²) < 4.78 is 104. The van der Waals surface area contributed by atoms with Crippen molar-refractivity contribution in [2.24, 2.45) is 0 Å². The molecule has 0 heterocycles. The van der Waals surface area contributed by atoms with E-state index in [1.807, 2.05) is 0 Å². The molecular formula is C8H14CaF6O8P2. The van der Waals surface area contributed by atoms with E-state index >= 15 is 0 Å². The second kappa shape index (κ2) is 13.3. The van der Waals surface area contributed by atoms with Gasteiger partial charge in [0, 0.05) is 0 Å². The number of hydrogen-bond acceptors (Lipinski definition) is 8. The van der Waals surface area contributed by atoms with Crippen molar-refractivity contribution in [3.63, 3.8) is 0 Å². The van der Waals surface area contributed by atoms with Gasteiger partial charge in [-0.25, -0.2) is 0 Å². The summed E-state index contributed by atoms with van der Waals surface area (Å²) in [5, 5.41) is 0. The van der Waals surface area contributed by atoms with Crippen molar-refractivity contribution in [2.75, 3.05) is 26.4 Å². The summed E-state index contributed by atoms with van der Waals surface area (Å²) in [6.07, 6.45) is -9.34. The first kappa shape index (κ1) is 30.8. The van der Waals surface area contributed by atoms with Gasteiger partial charge < -0.3 is 27.9 Å². The molecule has 2 unspecified atom stereocenters. The Labute approximate surface area is 169 Å². The Balaban J connectivity index is -0.000000372. The van der Waals surface area contributed by atoms with Crippen molar-refractivity contribution in [2.45, 2.75) is 26.2 Å². The van der Waals surface area contributed by atoms with Crippen LogP contribution in [-0.4, -0.2) is 76.5 Å². The average Bonchev–Trinajstić information content (AvgIpc) is 2.34. The molecule has 0 aliphatic heterocycles. The monoisotopic (exact) mass is 454 g/mol. The van der Waals surface area contributed by atoms with Crippen LogP contribution >= 0.6 is 15.6 Å². The molecule has 0 bridgehead atoms. The van der Waals surface area contributed by atoms with E-state index in [-0.39, 0.29) is 51.0 Å². The van der Waals surface area contributed by atoms with Crippen LogP contribution in [0, 0.1) is 0 Å². The molecule has 0 spiro atoms. The molecule has 0 aromatic carbocycles. The Morgan fingerprint density at radius 2 is 0.960 bits per heavy atom. The summed E-state index contributed by atoms with van der Waals surface area (Å²) >= 11 is 0. The number of phosphoric ester groups is 2. The predicted molar refractivity (Wildman–Crippen MR) is 68.2 cm³/mol. The minimum absolute atomic E-state index is 0. The van der Waals surface area contributed by atoms with E-state index in [9.17, 15) is 45.3 Å². The van der Waals surface area contributed by atoms with Gasteiger partial charge in [0.1, 0.15) is 0 Å². The van der Waals surface area contributed by atoms with Gasteiger partial charge in [-0.2, -0.15) is 26.3 Å². The minimum atomic E-state index is -4.76. The van der Waals surface area contributed by atoms with Gasteiger partial charge in [-0.15, -0.1) is 0 Å². The number of phosphoric acid groups is 2. The first-order valence-corrected chi connectivity index (χ1v) is 8.79. The molecule has 0 rings (SSSR count). The summed E-state index contributed by atoms with van der Waals surface area (Å²) in [6.45, 7) is -1.57. The molecule has 8 nitrogen and oxygen atoms in total. The zero-order valence-corrected chi connectivity index (χ0v) is 17.0. The van der Waals surface area contributed by atoms with Crippen LogP contribution in [0.4, 0.5) is 26.3 Å². The third-order valence-corrected chi connectivity index (χ3v) is 3.39. The molecule has 0 aliphatic rings. The maximum absolute atomic E-state index is 11.4. The Hall–Kier alpha value is 1.06. The maximum Gasteiger partial charge on any atom is 2.00 e. The summed E-state index contributed by atoms with van der Waals surface area (Å²) in [6, 6.07) is 0. The van der Waals surface area contributed by atoms with Crippen molar-refractivity contribution in [1.82, 2.24) is 0 Å². The second-order valence-electron chi connectivity index (χ2n) is 3.51. The van der Waals surface area contributed by atoms with Crippen LogP contribution in [0.5, 0.6) is 0 Å². The van der Waals surface area contributed by atoms with Crippen LogP contribution in [-0.2, 0) is 27.2 Å². The molecule has 2 atom stereocenters. The van der Waals surface area contributed by atoms with Gasteiger partial charge in [0.25, 0.3) is 15.6 Å². The average molecular weight is 454 g/mol. The zero-order chi connectivity index (χ0) is 19.7. The largest absolute Gasteiger partial charge is 2.00 e. The Morgan fingerprint density at radius 3 is 1.12 bits per heavy atom. The van der Waals surface area contributed by atoms with E-state index in [1.165, 1.54) is 13.8 Å². The van der Waals surface area contributed by atoms with Crippen molar-refractivity contribution in [3.05, 3.63) is 0 Å². The third-order valence-electron chi connectivity index (χ3n) is 1.35. The van der Waals surface area contributed by atoms with Gasteiger partial charge in [-0.05, 0) is 13.8 Å². The van der Waals surface area contributed by atoms with Crippen LogP contribution < -0.4 is 9.79 Å². The fraction of sp³-hybridized carbons (Fsp3) is 1.00. The van der Waals surface area contributed by atoms with E-state index in [2.05, 4.69) is 18.1 Å². The van der Waals surface area contributed by atoms with Gasteiger partial charge in [0.15, 0.2) is 13.2 Å². The number of alkyl halides is 6. The summed E-state index contributed by atoms with van der Waals surface area (Å²) in [4.78, 5) is 20.7. The van der Waals surface area contributed by atoms with Crippen LogP contribution in [0.25, 0.3) is 0 Å². The van der Waals surface area contributed by atoms with Crippen molar-refractivity contribution >= 4 is 53.4 Å². The number of halogens is 6. The van der Waals surface area contributed by atoms with Crippen molar-refractivity contribution in [3.8, 4) is 0 Å². The van der Waals surface area contributed by atoms with Gasteiger partial charge in [-0.1, -0.05) is 0 Å². The molecule has 0 radical (unpaired) electrons. The van der Waals surface area contributed by atoms with Crippen molar-refractivity contribution in [1.29, 1.82) is 0 Å². The third kappa shape index (κ3) is 25.1. The Kier molecular flexibility index (Phi) is 16.3. The molecule has 0 aliphatic carbocycles. The molecule has 0 aromatic rings. The van der Waals surface area contributed by atoms with E-state index in [0.29, 0.717) is 0 Å². The Bertz CT molecular complexity index is 405. The first-order chi connectivity index (χ1) is 10.5. The molecule has 0 fully saturated rings. The minimum Gasteiger partial charge on any atom is -0.756 e. The summed E-state index contributed by atoms with van der Waals surface area (Å²) in [5.74, 6) is 0. The quantitative estimate of drug-likeness (QED) is 0.310. The van der Waals surface area contributed by atoms with Crippen LogP contribution in [0.3, 0.4) is 0 Å². The predicted octanol–water partition coefficient (Wildman–Crippen LogP) is 1.76. The fourth-order valence-electron chi connectivity index (χ4n) is 0.695. The topological polar surface area (TPSA) is 117 Å². The first-order valence-electron chi connectivity index (χ1n) is 5.87. The number of rotatable bonds is 8. The molecule has 0 amide bonds. The molecule has 25 heavy (non-hydrogen) atoms. The van der Waals surface area contributed by atoms with Gasteiger partial charge in [0.2, 0.25) is 0 Å².